The highest BCUT2D eigenvalue weighted by Crippen LogP contribution is 2.29. The van der Waals surface area contributed by atoms with Crippen molar-refractivity contribution in [2.75, 3.05) is 6.54 Å². The minimum absolute atomic E-state index is 0.145. The zero-order valence-electron chi connectivity index (χ0n) is 6.78. The van der Waals surface area contributed by atoms with Crippen LogP contribution in [0.5, 0.6) is 0 Å². The van der Waals surface area contributed by atoms with Crippen LogP contribution in [-0.4, -0.2) is 6.54 Å². The average Bonchev–Trinajstić information content (AvgIpc) is 1.92. The van der Waals surface area contributed by atoms with E-state index in [9.17, 15) is 8.78 Å². The van der Waals surface area contributed by atoms with E-state index < -0.39 is 11.6 Å². The van der Waals surface area contributed by atoms with Gasteiger partial charge in [0.15, 0.2) is 0 Å². The first kappa shape index (κ1) is 9.09. The fourth-order valence-corrected chi connectivity index (χ4v) is 1.82. The molecule has 1 aliphatic rings. The fourth-order valence-electron chi connectivity index (χ4n) is 1.42. The van der Waals surface area contributed by atoms with Crippen molar-refractivity contribution in [3.8, 4) is 0 Å². The van der Waals surface area contributed by atoms with E-state index in [-0.39, 0.29) is 11.6 Å². The van der Waals surface area contributed by atoms with Gasteiger partial charge in [0.05, 0.1) is 0 Å². The highest BCUT2D eigenvalue weighted by molar-refractivity contribution is 9.10. The zero-order valence-corrected chi connectivity index (χ0v) is 8.37. The van der Waals surface area contributed by atoms with Crippen LogP contribution in [0, 0.1) is 11.6 Å². The first-order valence-electron chi connectivity index (χ1n) is 4.06. The Kier molecular flexibility index (Phi) is 2.34. The summed E-state index contributed by atoms with van der Waals surface area (Å²) in [4.78, 5) is 0. The van der Waals surface area contributed by atoms with Gasteiger partial charge in [0.25, 0.3) is 0 Å². The Balaban J connectivity index is 2.43. The van der Waals surface area contributed by atoms with E-state index in [2.05, 4.69) is 21.2 Å². The Morgan fingerprint density at radius 1 is 1.31 bits per heavy atom. The average molecular weight is 248 g/mol. The molecule has 2 rings (SSSR count). The van der Waals surface area contributed by atoms with Crippen LogP contribution in [0.3, 0.4) is 0 Å². The third-order valence-electron chi connectivity index (χ3n) is 2.22. The van der Waals surface area contributed by atoms with Crippen molar-refractivity contribution in [1.82, 2.24) is 5.32 Å². The normalized spacial score (nSPS) is 21.3. The molecule has 1 nitrogen and oxygen atoms in total. The van der Waals surface area contributed by atoms with Crippen LogP contribution in [0.25, 0.3) is 0 Å². The van der Waals surface area contributed by atoms with Crippen molar-refractivity contribution in [3.63, 3.8) is 0 Å². The third kappa shape index (κ3) is 1.60. The predicted octanol–water partition coefficient (Wildman–Crippen LogP) is 2.76. The summed E-state index contributed by atoms with van der Waals surface area (Å²) in [6, 6.07) is 2.43. The Labute approximate surface area is 83.3 Å². The molecule has 1 fully saturated rings. The molecule has 70 valence electrons. The highest BCUT2D eigenvalue weighted by Gasteiger charge is 2.25. The summed E-state index contributed by atoms with van der Waals surface area (Å²) in [5.74, 6) is -0.965. The molecule has 0 spiro atoms. The Bertz CT molecular complexity index is 313. The summed E-state index contributed by atoms with van der Waals surface area (Å²) >= 11 is 3.04. The number of hydrogen-bond donors (Lipinski definition) is 1. The topological polar surface area (TPSA) is 12.0 Å². The summed E-state index contributed by atoms with van der Waals surface area (Å²) < 4.78 is 27.0. The van der Waals surface area contributed by atoms with Gasteiger partial charge in [-0.15, -0.1) is 0 Å². The van der Waals surface area contributed by atoms with Gasteiger partial charge in [-0.05, 0) is 25.1 Å². The fraction of sp³-hybridized carbons (Fsp3) is 0.333. The minimum atomic E-state index is -0.482. The molecule has 1 aromatic rings. The summed E-state index contributed by atoms with van der Waals surface area (Å²) in [7, 11) is 0. The van der Waals surface area contributed by atoms with Gasteiger partial charge in [0, 0.05) is 16.1 Å². The molecule has 0 unspecified atom stereocenters. The molecule has 1 saturated heterocycles. The van der Waals surface area contributed by atoms with Crippen molar-refractivity contribution in [2.45, 2.75) is 12.5 Å². The molecule has 1 aliphatic heterocycles. The highest BCUT2D eigenvalue weighted by atomic mass is 79.9. The molecule has 1 atom stereocenters. The number of rotatable bonds is 1. The lowest BCUT2D eigenvalue weighted by Crippen LogP contribution is -2.36. The molecular weight excluding hydrogens is 240 g/mol. The van der Waals surface area contributed by atoms with Gasteiger partial charge in [0.1, 0.15) is 11.6 Å². The van der Waals surface area contributed by atoms with Crippen molar-refractivity contribution in [3.05, 3.63) is 33.8 Å². The lowest BCUT2D eigenvalue weighted by atomic mass is 9.97. The molecule has 0 amide bonds. The van der Waals surface area contributed by atoms with Crippen LogP contribution in [0.4, 0.5) is 8.78 Å². The molecular formula is C9H8BrF2N. The van der Waals surface area contributed by atoms with Crippen LogP contribution in [0.2, 0.25) is 0 Å². The maximum absolute atomic E-state index is 13.3. The minimum Gasteiger partial charge on any atom is -0.310 e. The van der Waals surface area contributed by atoms with Crippen LogP contribution < -0.4 is 5.32 Å². The van der Waals surface area contributed by atoms with Crippen LogP contribution in [-0.2, 0) is 0 Å². The van der Waals surface area contributed by atoms with Crippen molar-refractivity contribution >= 4 is 15.9 Å². The van der Waals surface area contributed by atoms with Crippen LogP contribution in [0.1, 0.15) is 18.0 Å². The second kappa shape index (κ2) is 3.35. The lowest BCUT2D eigenvalue weighted by molar-refractivity contribution is 0.355. The Morgan fingerprint density at radius 2 is 1.85 bits per heavy atom. The van der Waals surface area contributed by atoms with Gasteiger partial charge in [-0.1, -0.05) is 15.9 Å². The van der Waals surface area contributed by atoms with Crippen LogP contribution in [0.15, 0.2) is 16.6 Å². The molecule has 0 bridgehead atoms. The maximum atomic E-state index is 13.3. The van der Waals surface area contributed by atoms with Gasteiger partial charge < -0.3 is 5.32 Å². The molecule has 0 saturated carbocycles. The quantitative estimate of drug-likeness (QED) is 0.805. The molecule has 13 heavy (non-hydrogen) atoms. The van der Waals surface area contributed by atoms with Crippen LogP contribution >= 0.6 is 15.9 Å². The second-order valence-electron chi connectivity index (χ2n) is 3.08. The monoisotopic (exact) mass is 247 g/mol. The Morgan fingerprint density at radius 3 is 2.23 bits per heavy atom. The molecule has 0 aromatic heterocycles. The lowest BCUT2D eigenvalue weighted by Gasteiger charge is -2.28. The predicted molar refractivity (Wildman–Crippen MR) is 49.4 cm³/mol. The second-order valence-corrected chi connectivity index (χ2v) is 3.99. The van der Waals surface area contributed by atoms with E-state index in [0.29, 0.717) is 4.47 Å². The maximum Gasteiger partial charge on any atom is 0.132 e. The standard InChI is InChI=1S/C9H8BrF2N/c10-5-3-6(11)9(7(12)4-5)8-1-2-13-8/h3-4,8,13H,1-2H2/t8-/m0/s1. The first-order chi connectivity index (χ1) is 6.18. The van der Waals surface area contributed by atoms with Crippen molar-refractivity contribution in [2.24, 2.45) is 0 Å². The van der Waals surface area contributed by atoms with E-state index in [1.165, 1.54) is 12.1 Å². The van der Waals surface area contributed by atoms with Gasteiger partial charge in [0.2, 0.25) is 0 Å². The van der Waals surface area contributed by atoms with Crippen molar-refractivity contribution < 1.29 is 8.78 Å². The first-order valence-corrected chi connectivity index (χ1v) is 4.85. The molecule has 4 heteroatoms. The Hall–Kier alpha value is -0.480. The van der Waals surface area contributed by atoms with E-state index >= 15 is 0 Å². The number of hydrogen-bond acceptors (Lipinski definition) is 1. The SMILES string of the molecule is Fc1cc(Br)cc(F)c1[C@@H]1CCN1. The molecule has 0 aliphatic carbocycles. The summed E-state index contributed by atoms with van der Waals surface area (Å²) in [6.45, 7) is 0.833. The van der Waals surface area contributed by atoms with E-state index in [1.807, 2.05) is 0 Å². The van der Waals surface area contributed by atoms with Gasteiger partial charge >= 0.3 is 0 Å². The van der Waals surface area contributed by atoms with E-state index in [4.69, 9.17) is 0 Å². The summed E-state index contributed by atoms with van der Waals surface area (Å²) in [5, 5.41) is 2.97. The molecule has 1 heterocycles. The van der Waals surface area contributed by atoms with E-state index in [1.54, 1.807) is 0 Å². The summed E-state index contributed by atoms with van der Waals surface area (Å²) in [6.07, 6.45) is 0.801. The largest absolute Gasteiger partial charge is 0.310 e. The van der Waals surface area contributed by atoms with Gasteiger partial charge in [-0.25, -0.2) is 8.78 Å². The molecule has 1 N–H and O–H groups in total. The van der Waals surface area contributed by atoms with Gasteiger partial charge in [-0.2, -0.15) is 0 Å². The summed E-state index contributed by atoms with van der Waals surface area (Å²) in [5.41, 5.74) is 0.162. The molecule has 1 aromatic carbocycles. The smallest absolute Gasteiger partial charge is 0.132 e. The number of nitrogens with one attached hydrogen (secondary N) is 1. The number of benzene rings is 1. The molecule has 0 radical (unpaired) electrons. The van der Waals surface area contributed by atoms with E-state index in [0.717, 1.165) is 13.0 Å². The zero-order chi connectivity index (χ0) is 9.42. The number of halogens is 3. The van der Waals surface area contributed by atoms with Gasteiger partial charge in [-0.3, -0.25) is 0 Å². The third-order valence-corrected chi connectivity index (χ3v) is 2.67. The van der Waals surface area contributed by atoms with Crippen molar-refractivity contribution in [1.29, 1.82) is 0 Å².